The minimum Gasteiger partial charge on any atom is -0.356 e. The predicted octanol–water partition coefficient (Wildman–Crippen LogP) is 3.99. The largest absolute Gasteiger partial charge is 0.356 e. The summed E-state index contributed by atoms with van der Waals surface area (Å²) in [5, 5.41) is 3.00. The number of aromatic nitrogens is 2. The van der Waals surface area contributed by atoms with Crippen molar-refractivity contribution in [1.29, 1.82) is 0 Å². The first-order valence-corrected chi connectivity index (χ1v) is 7.33. The van der Waals surface area contributed by atoms with E-state index in [9.17, 15) is 4.39 Å². The zero-order chi connectivity index (χ0) is 15.1. The lowest BCUT2D eigenvalue weighted by molar-refractivity contribution is 0.632. The van der Waals surface area contributed by atoms with E-state index in [-0.39, 0.29) is 5.82 Å². The van der Waals surface area contributed by atoms with Crippen LogP contribution in [-0.4, -0.2) is 23.1 Å². The van der Waals surface area contributed by atoms with Crippen LogP contribution in [0, 0.1) is 5.82 Å². The van der Waals surface area contributed by atoms with Gasteiger partial charge in [0.1, 0.15) is 23.8 Å². The second-order valence-electron chi connectivity index (χ2n) is 4.85. The molecule has 0 unspecified atom stereocenters. The van der Waals surface area contributed by atoms with E-state index in [1.807, 2.05) is 6.07 Å². The van der Waals surface area contributed by atoms with Crippen molar-refractivity contribution in [1.82, 2.24) is 9.97 Å². The van der Waals surface area contributed by atoms with Gasteiger partial charge in [-0.1, -0.05) is 26.0 Å². The van der Waals surface area contributed by atoms with Gasteiger partial charge in [-0.05, 0) is 25.0 Å². The molecule has 0 saturated heterocycles. The van der Waals surface area contributed by atoms with Gasteiger partial charge >= 0.3 is 0 Å². The number of benzene rings is 1. The van der Waals surface area contributed by atoms with Crippen LogP contribution in [0.15, 0.2) is 36.7 Å². The molecule has 0 fully saturated rings. The molecule has 1 N–H and O–H groups in total. The molecule has 0 atom stereocenters. The first kappa shape index (κ1) is 15.2. The van der Waals surface area contributed by atoms with Crippen LogP contribution in [-0.2, 0) is 0 Å². The van der Waals surface area contributed by atoms with E-state index in [2.05, 4.69) is 34.0 Å². The number of nitrogens with zero attached hydrogens (tertiary/aromatic N) is 3. The molecule has 1 aromatic carbocycles. The molecule has 0 saturated carbocycles. The zero-order valence-electron chi connectivity index (χ0n) is 12.5. The topological polar surface area (TPSA) is 41.0 Å². The molecule has 0 radical (unpaired) electrons. The van der Waals surface area contributed by atoms with Gasteiger partial charge in [-0.2, -0.15) is 0 Å². The highest BCUT2D eigenvalue weighted by Crippen LogP contribution is 2.20. The lowest BCUT2D eigenvalue weighted by Crippen LogP contribution is -2.25. The zero-order valence-corrected chi connectivity index (χ0v) is 12.5. The van der Waals surface area contributed by atoms with Gasteiger partial charge < -0.3 is 10.2 Å². The van der Waals surface area contributed by atoms with Gasteiger partial charge in [0.05, 0.1) is 5.69 Å². The van der Waals surface area contributed by atoms with Crippen molar-refractivity contribution in [2.24, 2.45) is 0 Å². The smallest absolute Gasteiger partial charge is 0.146 e. The Kier molecular flexibility index (Phi) is 5.49. The van der Waals surface area contributed by atoms with Crippen molar-refractivity contribution in [3.8, 4) is 0 Å². The van der Waals surface area contributed by atoms with Crippen LogP contribution in [0.4, 0.5) is 21.7 Å². The third kappa shape index (κ3) is 4.15. The molecular formula is C16H21FN4. The minimum absolute atomic E-state index is 0.295. The normalized spacial score (nSPS) is 10.4. The Labute approximate surface area is 125 Å². The molecule has 5 heteroatoms. The number of para-hydroxylation sites is 1. The van der Waals surface area contributed by atoms with Gasteiger partial charge in [0.2, 0.25) is 0 Å². The summed E-state index contributed by atoms with van der Waals surface area (Å²) in [5.74, 6) is 1.17. The Morgan fingerprint density at radius 3 is 2.48 bits per heavy atom. The predicted molar refractivity (Wildman–Crippen MR) is 84.5 cm³/mol. The third-order valence-corrected chi connectivity index (χ3v) is 3.10. The van der Waals surface area contributed by atoms with Crippen molar-refractivity contribution < 1.29 is 4.39 Å². The summed E-state index contributed by atoms with van der Waals surface area (Å²) in [6, 6.07) is 8.42. The van der Waals surface area contributed by atoms with E-state index in [1.54, 1.807) is 18.2 Å². The first-order chi connectivity index (χ1) is 10.2. The van der Waals surface area contributed by atoms with Crippen LogP contribution in [0.5, 0.6) is 0 Å². The van der Waals surface area contributed by atoms with Gasteiger partial charge in [0.25, 0.3) is 0 Å². The standard InChI is InChI=1S/C16H21FN4/c1-3-9-21(10-4-2)16-11-15(18-12-19-16)20-14-8-6-5-7-13(14)17/h5-8,11-12H,3-4,9-10H2,1-2H3,(H,18,19,20). The second kappa shape index (κ2) is 7.57. The molecule has 112 valence electrons. The third-order valence-electron chi connectivity index (χ3n) is 3.10. The lowest BCUT2D eigenvalue weighted by Gasteiger charge is -2.22. The van der Waals surface area contributed by atoms with Crippen LogP contribution < -0.4 is 10.2 Å². The number of hydrogen-bond acceptors (Lipinski definition) is 4. The fourth-order valence-corrected chi connectivity index (χ4v) is 2.17. The van der Waals surface area contributed by atoms with Crippen molar-refractivity contribution in [3.63, 3.8) is 0 Å². The molecule has 0 aliphatic heterocycles. The maximum atomic E-state index is 13.7. The monoisotopic (exact) mass is 288 g/mol. The summed E-state index contributed by atoms with van der Waals surface area (Å²) >= 11 is 0. The van der Waals surface area contributed by atoms with E-state index in [4.69, 9.17) is 0 Å². The van der Waals surface area contributed by atoms with Crippen LogP contribution in [0.1, 0.15) is 26.7 Å². The van der Waals surface area contributed by atoms with E-state index in [1.165, 1.54) is 12.4 Å². The van der Waals surface area contributed by atoms with Gasteiger partial charge in [-0.3, -0.25) is 0 Å². The van der Waals surface area contributed by atoms with Gasteiger partial charge in [-0.15, -0.1) is 0 Å². The maximum absolute atomic E-state index is 13.7. The number of rotatable bonds is 7. The van der Waals surface area contributed by atoms with Crippen molar-refractivity contribution >= 4 is 17.3 Å². The Morgan fingerprint density at radius 1 is 1.10 bits per heavy atom. The molecule has 4 nitrogen and oxygen atoms in total. The quantitative estimate of drug-likeness (QED) is 0.836. The van der Waals surface area contributed by atoms with Crippen LogP contribution in [0.25, 0.3) is 0 Å². The number of nitrogens with one attached hydrogen (secondary N) is 1. The summed E-state index contributed by atoms with van der Waals surface area (Å²) in [4.78, 5) is 10.7. The lowest BCUT2D eigenvalue weighted by atomic mass is 10.3. The average molecular weight is 288 g/mol. The highest BCUT2D eigenvalue weighted by molar-refractivity contribution is 5.59. The summed E-state index contributed by atoms with van der Waals surface area (Å²) in [7, 11) is 0. The molecule has 0 amide bonds. The summed E-state index contributed by atoms with van der Waals surface area (Å²) in [5.41, 5.74) is 0.416. The van der Waals surface area contributed by atoms with Crippen molar-refractivity contribution in [2.75, 3.05) is 23.3 Å². The first-order valence-electron chi connectivity index (χ1n) is 7.33. The molecule has 21 heavy (non-hydrogen) atoms. The van der Waals surface area contributed by atoms with Gasteiger partial charge in [0, 0.05) is 19.2 Å². The average Bonchev–Trinajstić information content (AvgIpc) is 2.50. The Hall–Kier alpha value is -2.17. The fraction of sp³-hybridized carbons (Fsp3) is 0.375. The molecule has 2 rings (SSSR count). The number of halogens is 1. The Balaban J connectivity index is 2.18. The SMILES string of the molecule is CCCN(CCC)c1cc(Nc2ccccc2F)ncn1. The molecule has 0 spiro atoms. The molecule has 1 heterocycles. The Bertz CT molecular complexity index is 568. The van der Waals surface area contributed by atoms with Crippen molar-refractivity contribution in [2.45, 2.75) is 26.7 Å². The highest BCUT2D eigenvalue weighted by atomic mass is 19.1. The van der Waals surface area contributed by atoms with E-state index < -0.39 is 0 Å². The van der Waals surface area contributed by atoms with E-state index in [0.29, 0.717) is 11.5 Å². The van der Waals surface area contributed by atoms with Crippen LogP contribution >= 0.6 is 0 Å². The second-order valence-corrected chi connectivity index (χ2v) is 4.85. The van der Waals surface area contributed by atoms with Gasteiger partial charge in [0.15, 0.2) is 0 Å². The summed E-state index contributed by atoms with van der Waals surface area (Å²) in [6.07, 6.45) is 3.62. The molecule has 0 aliphatic rings. The molecule has 1 aromatic heterocycles. The van der Waals surface area contributed by atoms with E-state index in [0.717, 1.165) is 31.7 Å². The summed E-state index contributed by atoms with van der Waals surface area (Å²) < 4.78 is 13.7. The fourth-order valence-electron chi connectivity index (χ4n) is 2.17. The number of anilines is 3. The van der Waals surface area contributed by atoms with E-state index >= 15 is 0 Å². The number of hydrogen-bond donors (Lipinski definition) is 1. The molecule has 0 aliphatic carbocycles. The molecular weight excluding hydrogens is 267 g/mol. The maximum Gasteiger partial charge on any atom is 0.146 e. The van der Waals surface area contributed by atoms with Crippen LogP contribution in [0.2, 0.25) is 0 Å². The molecule has 0 bridgehead atoms. The summed E-state index contributed by atoms with van der Waals surface area (Å²) in [6.45, 7) is 6.18. The minimum atomic E-state index is -0.295. The Morgan fingerprint density at radius 2 is 1.81 bits per heavy atom. The van der Waals surface area contributed by atoms with Crippen LogP contribution in [0.3, 0.4) is 0 Å². The van der Waals surface area contributed by atoms with Gasteiger partial charge in [-0.25, -0.2) is 14.4 Å². The molecule has 2 aromatic rings. The highest BCUT2D eigenvalue weighted by Gasteiger charge is 2.08. The van der Waals surface area contributed by atoms with Crippen molar-refractivity contribution in [3.05, 3.63) is 42.5 Å².